The Morgan fingerprint density at radius 1 is 0.190 bits per heavy atom. The van der Waals surface area contributed by atoms with E-state index in [2.05, 4.69) is 69.3 Å². The van der Waals surface area contributed by atoms with E-state index in [9.17, 15) is 0 Å². The highest BCUT2D eigenvalue weighted by Gasteiger charge is 2.35. The second-order valence-corrected chi connectivity index (χ2v) is 36.2. The van der Waals surface area contributed by atoms with Crippen LogP contribution in [0.5, 0.6) is 0 Å². The van der Waals surface area contributed by atoms with Gasteiger partial charge in [0.15, 0.2) is 0 Å². The molecule has 1 aliphatic carbocycles. The predicted octanol–water partition coefficient (Wildman–Crippen LogP) is 20.1. The van der Waals surface area contributed by atoms with Crippen LogP contribution in [-0.2, 0) is 105 Å². The SMILES string of the molecule is CCC(c1ccc(CN)o1)c1ccc(CN)o1.CCC(c1ccc(CN)o1)c1ccc(CN)o1.Cc1ccc(C(c2ccc(CN)o2)c2ccc(CN)o2)cc1.NCc1ccc(C(CCCCC(c2ccc(CN)o2)c2ccc(CN)o2)c2ccc(CN)o2)o1.NCc1ccc(C(c2ccc(C(c3ccc(CN)o3)c3ccc(CN)o3)cc2)c2ccc(CN)o2)o1.NCc1ccc(C(c2ccc(CN)o2)C2CCCCC2)o1. The third-order valence-corrected chi connectivity index (χ3v) is 26.4. The molecule has 780 valence electrons. The fourth-order valence-corrected chi connectivity index (χ4v) is 18.6. The van der Waals surface area contributed by atoms with Gasteiger partial charge < -0.3 is 162 Å². The summed E-state index contributed by atoms with van der Waals surface area (Å²) < 4.78 is 94.2. The van der Waals surface area contributed by atoms with E-state index >= 15 is 0 Å². The van der Waals surface area contributed by atoms with Crippen molar-refractivity contribution in [2.24, 2.45) is 97.7 Å². The van der Waals surface area contributed by atoms with E-state index < -0.39 is 0 Å². The standard InChI is InChI=1S/C28H30N4O4.C26H34N4O4.C18H20N2O2.C17H24N2O2.2C13H18N2O2/c29-13-19-5-9-23(33-19)27(24-10-6-20(14-30)34-24)17-1-2-18(4-3-17)28(25-11-7-21(15-31)35-25)26-12-8-22(16-32)36-26;27-13-17-5-9-23(31-17)21(24-10-6-18(14-28)32-24)3-1-2-4-22(25-11-7-19(15-29)33-25)26-12-8-20(16-30)34-26;1-12-2-4-13(5-3-12)18(16-8-6-14(10-19)21-16)17-9-7-15(11-20)22-17;18-10-13-6-8-15(20-13)17(12-4-2-1-3-5-12)16-9-7-14(11-19)21-16;2*1-2-11(12-5-3-9(7-14)16-12)13-6-4-10(8-15)17-13/h1-12,27-28H,13-16,29-32H2;5-12,21-22H,1-4,13-16,27-30H2;2-9,18H,10-11,19-20H2,1H3;6-9,12,17H,1-5,10-11,18-19H2;2*3-6,11H,2,7-8,14-15H2,1H3. The molecular formula is C115H144N16O16. The molecule has 0 bridgehead atoms. The van der Waals surface area contributed by atoms with Crippen molar-refractivity contribution < 1.29 is 70.7 Å². The molecule has 0 spiro atoms. The molecule has 32 N–H and O–H groups in total. The van der Waals surface area contributed by atoms with Gasteiger partial charge in [-0.2, -0.15) is 0 Å². The highest BCUT2D eigenvalue weighted by atomic mass is 16.4. The Labute approximate surface area is 856 Å². The summed E-state index contributed by atoms with van der Waals surface area (Å²) in [6, 6.07) is 78.7. The van der Waals surface area contributed by atoms with Gasteiger partial charge in [0.1, 0.15) is 202 Å². The topological polar surface area (TPSA) is 627 Å². The van der Waals surface area contributed by atoms with Gasteiger partial charge in [0.25, 0.3) is 0 Å². The van der Waals surface area contributed by atoms with Crippen molar-refractivity contribution >= 4 is 0 Å². The summed E-state index contributed by atoms with van der Waals surface area (Å²) in [6.45, 7) is 12.3. The Morgan fingerprint density at radius 2 is 0.347 bits per heavy atom. The first-order chi connectivity index (χ1) is 71.8. The molecule has 19 rings (SSSR count). The van der Waals surface area contributed by atoms with Gasteiger partial charge in [0, 0.05) is 0 Å². The molecule has 32 heteroatoms. The summed E-state index contributed by atoms with van der Waals surface area (Å²) in [6.07, 6.45) is 11.8. The van der Waals surface area contributed by atoms with Crippen LogP contribution in [-0.4, -0.2) is 0 Å². The summed E-state index contributed by atoms with van der Waals surface area (Å²) in [5, 5.41) is 0. The first-order valence-corrected chi connectivity index (χ1v) is 50.6. The highest BCUT2D eigenvalue weighted by molar-refractivity contribution is 5.44. The summed E-state index contributed by atoms with van der Waals surface area (Å²) in [5.41, 5.74) is 95.3. The molecule has 0 radical (unpaired) electrons. The van der Waals surface area contributed by atoms with Crippen LogP contribution in [0.1, 0.15) is 338 Å². The largest absolute Gasteiger partial charge is 0.464 e. The predicted molar refractivity (Wildman–Crippen MR) is 561 cm³/mol. The van der Waals surface area contributed by atoms with Crippen LogP contribution in [0.25, 0.3) is 0 Å². The minimum absolute atomic E-state index is 0.000962. The summed E-state index contributed by atoms with van der Waals surface area (Å²) in [4.78, 5) is 0. The third-order valence-electron chi connectivity index (χ3n) is 26.4. The Bertz CT molecular complexity index is 6210. The van der Waals surface area contributed by atoms with Gasteiger partial charge in [-0.1, -0.05) is 100 Å². The minimum atomic E-state index is -0.252. The molecule has 0 aliphatic heterocycles. The molecule has 16 aromatic heterocycles. The van der Waals surface area contributed by atoms with Gasteiger partial charge in [-0.3, -0.25) is 0 Å². The summed E-state index contributed by atoms with van der Waals surface area (Å²) >= 11 is 0. The van der Waals surface area contributed by atoms with Crippen LogP contribution in [0.3, 0.4) is 0 Å². The lowest BCUT2D eigenvalue weighted by atomic mass is 9.78. The molecule has 0 saturated heterocycles. The van der Waals surface area contributed by atoms with Crippen LogP contribution >= 0.6 is 0 Å². The fraction of sp³-hybridized carbons (Fsp3) is 0.339. The molecule has 0 unspecified atom stereocenters. The van der Waals surface area contributed by atoms with Gasteiger partial charge in [-0.05, 0) is 262 Å². The van der Waals surface area contributed by atoms with E-state index in [4.69, 9.17) is 162 Å². The average molecular weight is 2010 g/mol. The van der Waals surface area contributed by atoms with E-state index in [1.54, 1.807) is 0 Å². The number of hydrogen-bond donors (Lipinski definition) is 16. The zero-order valence-corrected chi connectivity index (χ0v) is 84.2. The monoisotopic (exact) mass is 2010 g/mol. The van der Waals surface area contributed by atoms with Crippen molar-refractivity contribution in [3.63, 3.8) is 0 Å². The number of rotatable bonds is 43. The zero-order chi connectivity index (χ0) is 104. The molecule has 1 fully saturated rings. The number of nitrogens with two attached hydrogens (primary N) is 16. The quantitative estimate of drug-likeness (QED) is 0.0158. The van der Waals surface area contributed by atoms with Crippen molar-refractivity contribution in [2.75, 3.05) is 0 Å². The van der Waals surface area contributed by atoms with E-state index in [1.807, 2.05) is 194 Å². The summed E-state index contributed by atoms with van der Waals surface area (Å²) in [5.74, 6) is 26.2. The van der Waals surface area contributed by atoms with Gasteiger partial charge in [0.05, 0.1) is 134 Å². The molecule has 1 saturated carbocycles. The third kappa shape index (κ3) is 28.4. The number of aryl methyl sites for hydroxylation is 1. The molecular weight excluding hydrogens is 1860 g/mol. The Hall–Kier alpha value is -13.7. The molecule has 0 amide bonds. The van der Waals surface area contributed by atoms with E-state index in [1.165, 1.54) is 37.7 Å². The normalized spacial score (nSPS) is 12.3. The number of hydrogen-bond acceptors (Lipinski definition) is 32. The Morgan fingerprint density at radius 3 is 0.524 bits per heavy atom. The maximum atomic E-state index is 6.02. The van der Waals surface area contributed by atoms with Gasteiger partial charge in [-0.15, -0.1) is 0 Å². The average Bonchev–Trinajstić information content (AvgIpc) is 1.68. The fourth-order valence-electron chi connectivity index (χ4n) is 18.6. The van der Waals surface area contributed by atoms with E-state index in [0.29, 0.717) is 134 Å². The number of benzene rings is 2. The van der Waals surface area contributed by atoms with Crippen molar-refractivity contribution in [1.29, 1.82) is 0 Å². The molecule has 1 aliphatic rings. The smallest absolute Gasteiger partial charge is 0.119 e. The Kier molecular flexibility index (Phi) is 40.5. The molecule has 2 aromatic carbocycles. The second kappa shape index (κ2) is 54.6. The van der Waals surface area contributed by atoms with Crippen molar-refractivity contribution in [3.05, 3.63) is 449 Å². The first-order valence-electron chi connectivity index (χ1n) is 50.6. The lowest BCUT2D eigenvalue weighted by Crippen LogP contribution is -2.16. The zero-order valence-electron chi connectivity index (χ0n) is 84.2. The number of unbranched alkanes of at least 4 members (excludes halogenated alkanes) is 1. The van der Waals surface area contributed by atoms with Gasteiger partial charge in [0.2, 0.25) is 0 Å². The molecule has 0 atom stereocenters. The van der Waals surface area contributed by atoms with Crippen LogP contribution in [0.4, 0.5) is 0 Å². The van der Waals surface area contributed by atoms with E-state index in [0.717, 1.165) is 217 Å². The maximum Gasteiger partial charge on any atom is 0.119 e. The minimum Gasteiger partial charge on any atom is -0.464 e. The lowest BCUT2D eigenvalue weighted by molar-refractivity contribution is 0.270. The second-order valence-electron chi connectivity index (χ2n) is 36.2. The maximum absolute atomic E-state index is 6.02. The molecule has 16 heterocycles. The Balaban J connectivity index is 0.000000143. The molecule has 32 nitrogen and oxygen atoms in total. The highest BCUT2D eigenvalue weighted by Crippen LogP contribution is 2.45. The van der Waals surface area contributed by atoms with Gasteiger partial charge >= 0.3 is 0 Å². The van der Waals surface area contributed by atoms with Gasteiger partial charge in [-0.25, -0.2) is 0 Å². The van der Waals surface area contributed by atoms with Crippen LogP contribution in [0.15, 0.2) is 313 Å². The van der Waals surface area contributed by atoms with Crippen LogP contribution < -0.4 is 91.7 Å². The lowest BCUT2D eigenvalue weighted by Gasteiger charge is -2.27. The van der Waals surface area contributed by atoms with Crippen LogP contribution in [0, 0.1) is 12.8 Å². The van der Waals surface area contributed by atoms with E-state index in [-0.39, 0.29) is 47.3 Å². The molecule has 18 aromatic rings. The first kappa shape index (κ1) is 109. The number of furan rings is 16. The summed E-state index contributed by atoms with van der Waals surface area (Å²) in [7, 11) is 0. The van der Waals surface area contributed by atoms with Crippen molar-refractivity contribution in [2.45, 2.75) is 243 Å². The van der Waals surface area contributed by atoms with Crippen molar-refractivity contribution in [3.8, 4) is 0 Å². The van der Waals surface area contributed by atoms with Crippen molar-refractivity contribution in [1.82, 2.24) is 0 Å². The van der Waals surface area contributed by atoms with Crippen LogP contribution in [0.2, 0.25) is 0 Å². The molecule has 147 heavy (non-hydrogen) atoms.